The zero-order chi connectivity index (χ0) is 19.4. The third-order valence-electron chi connectivity index (χ3n) is 4.51. The van der Waals surface area contributed by atoms with Gasteiger partial charge in [0.15, 0.2) is 0 Å². The van der Waals surface area contributed by atoms with Gasteiger partial charge in [0, 0.05) is 31.1 Å². The number of thiophene rings is 1. The first-order chi connectivity index (χ1) is 12.9. The Morgan fingerprint density at radius 1 is 1.04 bits per heavy atom. The molecule has 0 radical (unpaired) electrons. The van der Waals surface area contributed by atoms with Crippen LogP contribution < -0.4 is 4.74 Å². The third kappa shape index (κ3) is 4.88. The number of ether oxygens (including phenoxy) is 1. The van der Waals surface area contributed by atoms with Crippen molar-refractivity contribution >= 4 is 27.3 Å². The summed E-state index contributed by atoms with van der Waals surface area (Å²) in [6.07, 6.45) is 0.282. The average molecular weight is 409 g/mol. The molecular formula is C19H24N2O4S2. The van der Waals surface area contributed by atoms with Crippen molar-refractivity contribution < 1.29 is 17.9 Å². The van der Waals surface area contributed by atoms with Crippen LogP contribution in [0.3, 0.4) is 0 Å². The summed E-state index contributed by atoms with van der Waals surface area (Å²) in [6, 6.07) is 11.2. The lowest BCUT2D eigenvalue weighted by Gasteiger charge is -2.33. The molecule has 0 aliphatic carbocycles. The Balaban J connectivity index is 1.47. The van der Waals surface area contributed by atoms with Gasteiger partial charge in [-0.3, -0.25) is 4.79 Å². The number of carbonyl (C=O) groups excluding carboxylic acids is 1. The summed E-state index contributed by atoms with van der Waals surface area (Å²) in [5, 5.41) is 0. The van der Waals surface area contributed by atoms with Gasteiger partial charge in [-0.15, -0.1) is 11.3 Å². The van der Waals surface area contributed by atoms with Crippen LogP contribution in [0, 0.1) is 13.8 Å². The average Bonchev–Trinajstić information content (AvgIpc) is 3.10. The Labute approximate surface area is 164 Å². The van der Waals surface area contributed by atoms with Crippen molar-refractivity contribution in [3.05, 3.63) is 46.8 Å². The second-order valence-electron chi connectivity index (χ2n) is 6.56. The van der Waals surface area contributed by atoms with Crippen LogP contribution in [0.25, 0.3) is 0 Å². The highest BCUT2D eigenvalue weighted by molar-refractivity contribution is 7.91. The number of hydrogen-bond donors (Lipinski definition) is 0. The highest BCUT2D eigenvalue weighted by Crippen LogP contribution is 2.25. The van der Waals surface area contributed by atoms with Gasteiger partial charge in [0.25, 0.3) is 10.0 Å². The molecule has 2 aromatic rings. The number of nitrogens with zero attached hydrogens (tertiary/aromatic N) is 2. The number of amides is 1. The van der Waals surface area contributed by atoms with Crippen molar-refractivity contribution in [3.63, 3.8) is 0 Å². The fourth-order valence-corrected chi connectivity index (χ4v) is 5.76. The monoisotopic (exact) mass is 408 g/mol. The highest BCUT2D eigenvalue weighted by atomic mass is 32.2. The van der Waals surface area contributed by atoms with E-state index in [2.05, 4.69) is 0 Å². The number of benzene rings is 1. The molecule has 146 valence electrons. The van der Waals surface area contributed by atoms with Crippen LogP contribution in [0.2, 0.25) is 0 Å². The lowest BCUT2D eigenvalue weighted by molar-refractivity contribution is -0.132. The predicted molar refractivity (Wildman–Crippen MR) is 106 cm³/mol. The lowest BCUT2D eigenvalue weighted by atomic mass is 10.2. The Kier molecular flexibility index (Phi) is 6.18. The van der Waals surface area contributed by atoms with Crippen LogP contribution in [-0.4, -0.2) is 56.3 Å². The molecule has 2 heterocycles. The van der Waals surface area contributed by atoms with E-state index in [-0.39, 0.29) is 12.3 Å². The molecule has 0 bridgehead atoms. The zero-order valence-corrected chi connectivity index (χ0v) is 17.2. The molecule has 0 saturated carbocycles. The van der Waals surface area contributed by atoms with E-state index in [1.54, 1.807) is 11.0 Å². The van der Waals surface area contributed by atoms with E-state index >= 15 is 0 Å². The molecule has 3 rings (SSSR count). The van der Waals surface area contributed by atoms with Gasteiger partial charge < -0.3 is 9.64 Å². The normalized spacial score (nSPS) is 15.7. The van der Waals surface area contributed by atoms with E-state index in [1.165, 1.54) is 15.6 Å². The van der Waals surface area contributed by atoms with Crippen LogP contribution in [0.4, 0.5) is 0 Å². The number of piperazine rings is 1. The van der Waals surface area contributed by atoms with Crippen LogP contribution in [0.15, 0.2) is 40.6 Å². The molecule has 1 saturated heterocycles. The minimum absolute atomic E-state index is 0.00822. The fraction of sp³-hybridized carbons (Fsp3) is 0.421. The summed E-state index contributed by atoms with van der Waals surface area (Å²) in [4.78, 5) is 15.0. The zero-order valence-electron chi connectivity index (χ0n) is 15.6. The maximum Gasteiger partial charge on any atom is 0.252 e. The maximum atomic E-state index is 12.6. The summed E-state index contributed by atoms with van der Waals surface area (Å²) in [5.41, 5.74) is 1.16. The molecule has 1 fully saturated rings. The molecule has 1 aliphatic heterocycles. The molecule has 1 amide bonds. The summed E-state index contributed by atoms with van der Waals surface area (Å²) < 4.78 is 32.7. The van der Waals surface area contributed by atoms with Crippen molar-refractivity contribution in [1.29, 1.82) is 0 Å². The summed E-state index contributed by atoms with van der Waals surface area (Å²) in [6.45, 7) is 5.67. The highest BCUT2D eigenvalue weighted by Gasteiger charge is 2.30. The number of carbonyl (C=O) groups is 1. The van der Waals surface area contributed by atoms with Crippen LogP contribution in [-0.2, 0) is 14.8 Å². The molecule has 1 aromatic heterocycles. The second-order valence-corrected chi connectivity index (χ2v) is 10.0. The van der Waals surface area contributed by atoms with Gasteiger partial charge in [0.05, 0.1) is 13.0 Å². The van der Waals surface area contributed by atoms with Crippen molar-refractivity contribution in [1.82, 2.24) is 9.21 Å². The van der Waals surface area contributed by atoms with E-state index in [4.69, 9.17) is 4.74 Å². The first-order valence-electron chi connectivity index (χ1n) is 8.90. The van der Waals surface area contributed by atoms with Crippen LogP contribution in [0.1, 0.15) is 16.9 Å². The van der Waals surface area contributed by atoms with Crippen molar-refractivity contribution in [2.75, 3.05) is 32.8 Å². The molecular weight excluding hydrogens is 384 g/mol. The van der Waals surface area contributed by atoms with Gasteiger partial charge in [0.2, 0.25) is 5.91 Å². The maximum absolute atomic E-state index is 12.6. The third-order valence-corrected chi connectivity index (χ3v) is 7.87. The van der Waals surface area contributed by atoms with E-state index in [1.807, 2.05) is 44.2 Å². The summed E-state index contributed by atoms with van der Waals surface area (Å²) in [5.74, 6) is 0.738. The number of aryl methyl sites for hydroxylation is 2. The first-order valence-corrected chi connectivity index (χ1v) is 11.2. The summed E-state index contributed by atoms with van der Waals surface area (Å²) >= 11 is 1.28. The lowest BCUT2D eigenvalue weighted by Crippen LogP contribution is -2.50. The number of sulfonamides is 1. The second kappa shape index (κ2) is 8.41. The molecule has 1 aromatic carbocycles. The quantitative estimate of drug-likeness (QED) is 0.737. The van der Waals surface area contributed by atoms with Gasteiger partial charge in [-0.2, -0.15) is 4.31 Å². The molecule has 1 aliphatic rings. The van der Waals surface area contributed by atoms with Gasteiger partial charge in [-0.05, 0) is 38.1 Å². The van der Waals surface area contributed by atoms with Gasteiger partial charge in [0.1, 0.15) is 9.96 Å². The SMILES string of the molecule is Cc1ccc(OCCC(=O)N2CCN(S(=O)(=O)c3ccc(C)s3)CC2)cc1. The number of rotatable bonds is 6. The smallest absolute Gasteiger partial charge is 0.252 e. The minimum atomic E-state index is -3.46. The Morgan fingerprint density at radius 2 is 1.70 bits per heavy atom. The molecule has 6 nitrogen and oxygen atoms in total. The molecule has 0 spiro atoms. The fourth-order valence-electron chi connectivity index (χ4n) is 2.90. The Hall–Kier alpha value is -1.90. The topological polar surface area (TPSA) is 66.9 Å². The van der Waals surface area contributed by atoms with Crippen molar-refractivity contribution in [3.8, 4) is 5.75 Å². The molecule has 8 heteroatoms. The van der Waals surface area contributed by atoms with Gasteiger partial charge >= 0.3 is 0 Å². The molecule has 27 heavy (non-hydrogen) atoms. The minimum Gasteiger partial charge on any atom is -0.493 e. The van der Waals surface area contributed by atoms with E-state index < -0.39 is 10.0 Å². The molecule has 0 unspecified atom stereocenters. The largest absolute Gasteiger partial charge is 0.493 e. The van der Waals surface area contributed by atoms with Gasteiger partial charge in [-0.1, -0.05) is 17.7 Å². The van der Waals surface area contributed by atoms with E-state index in [0.29, 0.717) is 37.0 Å². The van der Waals surface area contributed by atoms with E-state index in [0.717, 1.165) is 16.2 Å². The van der Waals surface area contributed by atoms with E-state index in [9.17, 15) is 13.2 Å². The van der Waals surface area contributed by atoms with Crippen LogP contribution >= 0.6 is 11.3 Å². The van der Waals surface area contributed by atoms with Gasteiger partial charge in [-0.25, -0.2) is 8.42 Å². The molecule has 0 atom stereocenters. The Bertz CT molecular complexity index is 883. The molecule has 0 N–H and O–H groups in total. The summed E-state index contributed by atoms with van der Waals surface area (Å²) in [7, 11) is -3.46. The van der Waals surface area contributed by atoms with Crippen molar-refractivity contribution in [2.24, 2.45) is 0 Å². The van der Waals surface area contributed by atoms with Crippen LogP contribution in [0.5, 0.6) is 5.75 Å². The first kappa shape index (κ1) is 19.9. The standard InChI is InChI=1S/C19H24N2O4S2/c1-15-3-6-17(7-4-15)25-14-9-18(22)20-10-12-21(13-11-20)27(23,24)19-8-5-16(2)26-19/h3-8H,9-14H2,1-2H3. The number of hydrogen-bond acceptors (Lipinski definition) is 5. The Morgan fingerprint density at radius 3 is 2.30 bits per heavy atom. The predicted octanol–water partition coefficient (Wildman–Crippen LogP) is 2.67. The van der Waals surface area contributed by atoms with Crippen molar-refractivity contribution in [2.45, 2.75) is 24.5 Å².